The van der Waals surface area contributed by atoms with E-state index in [0.29, 0.717) is 11.4 Å². The SMILES string of the molecule is CC(=O)c1c(C)[nH]c(-c2nc3ccc(NC(=O)C4CC4)cc3[nH]2)c1C. The van der Waals surface area contributed by atoms with E-state index < -0.39 is 0 Å². The first kappa shape index (κ1) is 15.6. The first-order chi connectivity index (χ1) is 11.9. The van der Waals surface area contributed by atoms with E-state index in [1.165, 1.54) is 0 Å². The molecule has 1 aliphatic carbocycles. The van der Waals surface area contributed by atoms with Crippen LogP contribution in [0.15, 0.2) is 18.2 Å². The quantitative estimate of drug-likeness (QED) is 0.634. The Bertz CT molecular complexity index is 1010. The summed E-state index contributed by atoms with van der Waals surface area (Å²) in [7, 11) is 0. The largest absolute Gasteiger partial charge is 0.355 e. The fraction of sp³-hybridized carbons (Fsp3) is 0.316. The average Bonchev–Trinajstić information content (AvgIpc) is 3.25. The van der Waals surface area contributed by atoms with Gasteiger partial charge in [-0.1, -0.05) is 0 Å². The number of rotatable bonds is 4. The van der Waals surface area contributed by atoms with Crippen LogP contribution in [0.2, 0.25) is 0 Å². The van der Waals surface area contributed by atoms with E-state index in [1.807, 2.05) is 32.0 Å². The summed E-state index contributed by atoms with van der Waals surface area (Å²) in [4.78, 5) is 34.9. The van der Waals surface area contributed by atoms with Crippen molar-refractivity contribution >= 4 is 28.4 Å². The third-order valence-electron chi connectivity index (χ3n) is 4.72. The van der Waals surface area contributed by atoms with Crippen LogP contribution in [0.3, 0.4) is 0 Å². The third kappa shape index (κ3) is 2.73. The van der Waals surface area contributed by atoms with E-state index in [2.05, 4.69) is 20.3 Å². The van der Waals surface area contributed by atoms with Gasteiger partial charge in [0.15, 0.2) is 11.6 Å². The monoisotopic (exact) mass is 336 g/mol. The van der Waals surface area contributed by atoms with Crippen molar-refractivity contribution in [1.82, 2.24) is 15.0 Å². The molecular formula is C19H20N4O2. The molecular weight excluding hydrogens is 316 g/mol. The number of aromatic amines is 2. The van der Waals surface area contributed by atoms with E-state index >= 15 is 0 Å². The summed E-state index contributed by atoms with van der Waals surface area (Å²) in [5.74, 6) is 0.982. The maximum Gasteiger partial charge on any atom is 0.227 e. The highest BCUT2D eigenvalue weighted by Gasteiger charge is 2.29. The van der Waals surface area contributed by atoms with Gasteiger partial charge in [-0.3, -0.25) is 9.59 Å². The summed E-state index contributed by atoms with van der Waals surface area (Å²) in [5, 5.41) is 2.95. The number of benzene rings is 1. The number of carbonyl (C=O) groups is 2. The second-order valence-electron chi connectivity index (χ2n) is 6.76. The molecule has 6 nitrogen and oxygen atoms in total. The zero-order valence-corrected chi connectivity index (χ0v) is 14.5. The number of anilines is 1. The summed E-state index contributed by atoms with van der Waals surface area (Å²) < 4.78 is 0. The maximum absolute atomic E-state index is 11.9. The predicted molar refractivity (Wildman–Crippen MR) is 96.7 cm³/mol. The second-order valence-corrected chi connectivity index (χ2v) is 6.76. The lowest BCUT2D eigenvalue weighted by molar-refractivity contribution is -0.117. The van der Waals surface area contributed by atoms with Gasteiger partial charge in [0.2, 0.25) is 5.91 Å². The van der Waals surface area contributed by atoms with Crippen molar-refractivity contribution in [2.75, 3.05) is 5.32 Å². The summed E-state index contributed by atoms with van der Waals surface area (Å²) >= 11 is 0. The van der Waals surface area contributed by atoms with Gasteiger partial charge in [-0.25, -0.2) is 4.98 Å². The lowest BCUT2D eigenvalue weighted by Crippen LogP contribution is -2.12. The van der Waals surface area contributed by atoms with E-state index in [4.69, 9.17) is 0 Å². The van der Waals surface area contributed by atoms with Gasteiger partial charge in [-0.05, 0) is 57.4 Å². The Morgan fingerprint density at radius 2 is 1.96 bits per heavy atom. The Morgan fingerprint density at radius 3 is 2.60 bits per heavy atom. The van der Waals surface area contributed by atoms with Crippen LogP contribution >= 0.6 is 0 Å². The average molecular weight is 336 g/mol. The maximum atomic E-state index is 11.9. The number of hydrogen-bond acceptors (Lipinski definition) is 3. The number of imidazole rings is 1. The molecule has 0 saturated heterocycles. The predicted octanol–water partition coefficient (Wildman–Crippen LogP) is 3.73. The number of aryl methyl sites for hydroxylation is 1. The van der Waals surface area contributed by atoms with Gasteiger partial charge in [-0.2, -0.15) is 0 Å². The normalized spacial score (nSPS) is 14.0. The molecule has 1 aromatic carbocycles. The highest BCUT2D eigenvalue weighted by Crippen LogP contribution is 2.31. The topological polar surface area (TPSA) is 90.6 Å². The number of nitrogens with zero attached hydrogens (tertiary/aromatic N) is 1. The molecule has 3 N–H and O–H groups in total. The summed E-state index contributed by atoms with van der Waals surface area (Å²) in [6.07, 6.45) is 1.96. The number of ketones is 1. The number of amides is 1. The van der Waals surface area contributed by atoms with Crippen molar-refractivity contribution in [3.63, 3.8) is 0 Å². The van der Waals surface area contributed by atoms with Crippen molar-refractivity contribution in [3.05, 3.63) is 35.0 Å². The first-order valence-electron chi connectivity index (χ1n) is 8.45. The van der Waals surface area contributed by atoms with Crippen molar-refractivity contribution in [2.45, 2.75) is 33.6 Å². The molecule has 1 saturated carbocycles. The highest BCUT2D eigenvalue weighted by molar-refractivity contribution is 5.99. The summed E-state index contributed by atoms with van der Waals surface area (Å²) in [5.41, 5.74) is 5.71. The van der Waals surface area contributed by atoms with E-state index in [9.17, 15) is 9.59 Å². The number of aromatic nitrogens is 3. The fourth-order valence-electron chi connectivity index (χ4n) is 3.31. The minimum absolute atomic E-state index is 0.0404. The van der Waals surface area contributed by atoms with E-state index in [0.717, 1.165) is 46.5 Å². The van der Waals surface area contributed by atoms with Crippen molar-refractivity contribution in [3.8, 4) is 11.5 Å². The van der Waals surface area contributed by atoms with Crippen LogP contribution < -0.4 is 5.32 Å². The lowest BCUT2D eigenvalue weighted by Gasteiger charge is -2.03. The molecule has 1 amide bonds. The number of carbonyl (C=O) groups excluding carboxylic acids is 2. The van der Waals surface area contributed by atoms with Gasteiger partial charge in [0, 0.05) is 22.9 Å². The van der Waals surface area contributed by atoms with Gasteiger partial charge in [0.25, 0.3) is 0 Å². The standard InChI is InChI=1S/C19H20N4O2/c1-9-16(11(3)24)10(2)20-17(9)18-22-14-7-6-13(8-15(14)23-18)21-19(25)12-4-5-12/h6-8,12,20H,4-5H2,1-3H3,(H,21,25)(H,22,23). The molecule has 0 spiro atoms. The first-order valence-corrected chi connectivity index (χ1v) is 8.45. The number of hydrogen-bond donors (Lipinski definition) is 3. The van der Waals surface area contributed by atoms with Crippen LogP contribution in [0, 0.1) is 19.8 Å². The van der Waals surface area contributed by atoms with Gasteiger partial charge in [0.1, 0.15) is 0 Å². The van der Waals surface area contributed by atoms with E-state index in [1.54, 1.807) is 6.92 Å². The van der Waals surface area contributed by atoms with Crippen LogP contribution in [0.1, 0.15) is 41.4 Å². The van der Waals surface area contributed by atoms with Crippen LogP contribution in [-0.4, -0.2) is 26.6 Å². The fourth-order valence-corrected chi connectivity index (χ4v) is 3.31. The Hall–Kier alpha value is -2.89. The molecule has 1 aliphatic rings. The molecule has 0 radical (unpaired) electrons. The van der Waals surface area contributed by atoms with Crippen LogP contribution in [0.5, 0.6) is 0 Å². The van der Waals surface area contributed by atoms with Gasteiger partial charge >= 0.3 is 0 Å². The Kier molecular flexibility index (Phi) is 3.49. The Balaban J connectivity index is 1.70. The smallest absolute Gasteiger partial charge is 0.227 e. The minimum Gasteiger partial charge on any atom is -0.355 e. The summed E-state index contributed by atoms with van der Waals surface area (Å²) in [6.45, 7) is 5.38. The summed E-state index contributed by atoms with van der Waals surface area (Å²) in [6, 6.07) is 5.64. The Labute approximate surface area is 145 Å². The lowest BCUT2D eigenvalue weighted by atomic mass is 10.1. The number of fused-ring (bicyclic) bond motifs is 1. The number of H-pyrrole nitrogens is 2. The van der Waals surface area contributed by atoms with Gasteiger partial charge < -0.3 is 15.3 Å². The molecule has 25 heavy (non-hydrogen) atoms. The molecule has 0 atom stereocenters. The van der Waals surface area contributed by atoms with Gasteiger partial charge in [0.05, 0.1) is 16.7 Å². The molecule has 4 rings (SSSR count). The molecule has 128 valence electrons. The van der Waals surface area contributed by atoms with Crippen molar-refractivity contribution in [1.29, 1.82) is 0 Å². The number of nitrogens with one attached hydrogen (secondary N) is 3. The highest BCUT2D eigenvalue weighted by atomic mass is 16.2. The molecule has 1 fully saturated rings. The van der Waals surface area contributed by atoms with Crippen molar-refractivity contribution < 1.29 is 9.59 Å². The zero-order valence-electron chi connectivity index (χ0n) is 14.5. The Morgan fingerprint density at radius 1 is 1.20 bits per heavy atom. The molecule has 0 aliphatic heterocycles. The third-order valence-corrected chi connectivity index (χ3v) is 4.72. The van der Waals surface area contributed by atoms with Crippen LogP contribution in [-0.2, 0) is 4.79 Å². The molecule has 3 aromatic rings. The molecule has 6 heteroatoms. The van der Waals surface area contributed by atoms with Crippen molar-refractivity contribution in [2.24, 2.45) is 5.92 Å². The minimum atomic E-state index is 0.0404. The zero-order chi connectivity index (χ0) is 17.7. The molecule has 0 bridgehead atoms. The molecule has 0 unspecified atom stereocenters. The van der Waals surface area contributed by atoms with Gasteiger partial charge in [-0.15, -0.1) is 0 Å². The second kappa shape index (κ2) is 5.58. The van der Waals surface area contributed by atoms with E-state index in [-0.39, 0.29) is 17.6 Å². The van der Waals surface area contributed by atoms with Crippen LogP contribution in [0.25, 0.3) is 22.6 Å². The molecule has 2 aromatic heterocycles. The van der Waals surface area contributed by atoms with Crippen LogP contribution in [0.4, 0.5) is 5.69 Å². The number of Topliss-reactive ketones (excluding diaryl/α,β-unsaturated/α-hetero) is 1. The molecule has 2 heterocycles.